The second-order valence-electron chi connectivity index (χ2n) is 6.14. The topological polar surface area (TPSA) is 41.3 Å². The molecule has 1 aliphatic heterocycles. The molecule has 4 nitrogen and oxygen atoms in total. The van der Waals surface area contributed by atoms with Crippen molar-refractivity contribution in [3.05, 3.63) is 48.3 Å². The van der Waals surface area contributed by atoms with E-state index in [-0.39, 0.29) is 0 Å². The van der Waals surface area contributed by atoms with E-state index in [1.165, 1.54) is 0 Å². The minimum atomic E-state index is -4.58. The molecule has 130 valence electrons. The van der Waals surface area contributed by atoms with Gasteiger partial charge in [-0.05, 0) is 43.1 Å². The van der Waals surface area contributed by atoms with Crippen LogP contribution in [0.15, 0.2) is 42.7 Å². The Hall–Kier alpha value is -1.86. The van der Waals surface area contributed by atoms with Gasteiger partial charge in [-0.25, -0.2) is 4.68 Å². The number of hydrogen-bond acceptors (Lipinski definition) is 3. The van der Waals surface area contributed by atoms with Crippen molar-refractivity contribution in [1.82, 2.24) is 14.7 Å². The fourth-order valence-corrected chi connectivity index (χ4v) is 3.20. The Morgan fingerprint density at radius 2 is 1.96 bits per heavy atom. The fourth-order valence-electron chi connectivity index (χ4n) is 3.20. The van der Waals surface area contributed by atoms with Gasteiger partial charge in [-0.1, -0.05) is 18.6 Å². The number of aliphatic hydroxyl groups is 1. The summed E-state index contributed by atoms with van der Waals surface area (Å²) in [6, 6.07) is 8.52. The first kappa shape index (κ1) is 17.0. The molecule has 1 aromatic heterocycles. The van der Waals surface area contributed by atoms with Crippen LogP contribution in [0.3, 0.4) is 0 Å². The lowest BCUT2D eigenvalue weighted by Crippen LogP contribution is -2.51. The number of rotatable bonds is 4. The van der Waals surface area contributed by atoms with Gasteiger partial charge in [0.15, 0.2) is 6.10 Å². The summed E-state index contributed by atoms with van der Waals surface area (Å²) < 4.78 is 40.3. The molecule has 0 amide bonds. The van der Waals surface area contributed by atoms with Crippen molar-refractivity contribution in [3.63, 3.8) is 0 Å². The molecule has 2 aromatic rings. The van der Waals surface area contributed by atoms with E-state index in [1.54, 1.807) is 15.8 Å². The van der Waals surface area contributed by atoms with Gasteiger partial charge in [0, 0.05) is 25.0 Å². The van der Waals surface area contributed by atoms with Crippen LogP contribution in [-0.4, -0.2) is 44.7 Å². The van der Waals surface area contributed by atoms with E-state index in [4.69, 9.17) is 0 Å². The van der Waals surface area contributed by atoms with Crippen LogP contribution in [0.1, 0.15) is 24.8 Å². The SMILES string of the molecule is O[C@@H]([C@H]1CCCCN1Cc1ccc(-n2cccn2)cc1)C(F)(F)F. The molecule has 7 heteroatoms. The Labute approximate surface area is 138 Å². The highest BCUT2D eigenvalue weighted by Crippen LogP contribution is 2.30. The molecule has 0 radical (unpaired) electrons. The van der Waals surface area contributed by atoms with Gasteiger partial charge >= 0.3 is 6.18 Å². The molecule has 1 aromatic carbocycles. The van der Waals surface area contributed by atoms with E-state index in [9.17, 15) is 18.3 Å². The number of alkyl halides is 3. The molecular weight excluding hydrogens is 319 g/mol. The molecule has 0 unspecified atom stereocenters. The third-order valence-corrected chi connectivity index (χ3v) is 4.46. The minimum absolute atomic E-state index is 0.367. The van der Waals surface area contributed by atoms with Crippen molar-refractivity contribution < 1.29 is 18.3 Å². The van der Waals surface area contributed by atoms with Crippen LogP contribution in [0, 0.1) is 0 Å². The highest BCUT2D eigenvalue weighted by molar-refractivity contribution is 5.33. The summed E-state index contributed by atoms with van der Waals surface area (Å²) in [6.45, 7) is 0.968. The quantitative estimate of drug-likeness (QED) is 0.930. The van der Waals surface area contributed by atoms with E-state index in [0.717, 1.165) is 17.7 Å². The predicted octanol–water partition coefficient (Wildman–Crippen LogP) is 3.15. The van der Waals surface area contributed by atoms with Crippen molar-refractivity contribution in [1.29, 1.82) is 0 Å². The van der Waals surface area contributed by atoms with Crippen LogP contribution in [0.2, 0.25) is 0 Å². The van der Waals surface area contributed by atoms with E-state index < -0.39 is 18.3 Å². The largest absolute Gasteiger partial charge is 0.415 e. The van der Waals surface area contributed by atoms with Gasteiger partial charge in [0.2, 0.25) is 0 Å². The lowest BCUT2D eigenvalue weighted by molar-refractivity contribution is -0.225. The van der Waals surface area contributed by atoms with Crippen LogP contribution in [-0.2, 0) is 6.54 Å². The maximum absolute atomic E-state index is 12.9. The highest BCUT2D eigenvalue weighted by atomic mass is 19.4. The summed E-state index contributed by atoms with van der Waals surface area (Å²) in [4.78, 5) is 1.74. The van der Waals surface area contributed by atoms with Crippen LogP contribution in [0.25, 0.3) is 5.69 Å². The number of benzene rings is 1. The Kier molecular flexibility index (Phi) is 4.91. The number of aliphatic hydroxyl groups excluding tert-OH is 1. The summed E-state index contributed by atoms with van der Waals surface area (Å²) >= 11 is 0. The van der Waals surface area contributed by atoms with Gasteiger partial charge in [-0.2, -0.15) is 18.3 Å². The molecule has 1 aliphatic rings. The number of nitrogens with zero attached hydrogens (tertiary/aromatic N) is 3. The Morgan fingerprint density at radius 3 is 2.58 bits per heavy atom. The van der Waals surface area contributed by atoms with Crippen molar-refractivity contribution in [3.8, 4) is 5.69 Å². The molecule has 1 saturated heterocycles. The zero-order valence-electron chi connectivity index (χ0n) is 13.2. The van der Waals surface area contributed by atoms with Crippen LogP contribution >= 0.6 is 0 Å². The zero-order valence-corrected chi connectivity index (χ0v) is 13.2. The first-order chi connectivity index (χ1) is 11.4. The molecule has 0 saturated carbocycles. The lowest BCUT2D eigenvalue weighted by Gasteiger charge is -2.39. The van der Waals surface area contributed by atoms with Crippen molar-refractivity contribution >= 4 is 0 Å². The van der Waals surface area contributed by atoms with Crippen LogP contribution in [0.4, 0.5) is 13.2 Å². The Balaban J connectivity index is 1.71. The average molecular weight is 339 g/mol. The maximum atomic E-state index is 12.9. The standard InChI is InChI=1S/C17H20F3N3O/c18-17(19,20)16(24)15-4-1-2-10-22(15)12-13-5-7-14(8-6-13)23-11-3-9-21-23/h3,5-9,11,15-16,24H,1-2,4,10,12H2/t15-,16+/m1/s1. The molecule has 1 fully saturated rings. The second-order valence-corrected chi connectivity index (χ2v) is 6.14. The van der Waals surface area contributed by atoms with E-state index >= 15 is 0 Å². The molecule has 0 bridgehead atoms. The molecule has 3 rings (SSSR count). The Bertz CT molecular complexity index is 640. The van der Waals surface area contributed by atoms with Gasteiger partial charge in [-0.15, -0.1) is 0 Å². The molecule has 1 N–H and O–H groups in total. The summed E-state index contributed by atoms with van der Waals surface area (Å²) in [5.41, 5.74) is 1.82. The monoisotopic (exact) mass is 339 g/mol. The Morgan fingerprint density at radius 1 is 1.21 bits per heavy atom. The van der Waals surface area contributed by atoms with Gasteiger partial charge in [-0.3, -0.25) is 4.90 Å². The molecule has 24 heavy (non-hydrogen) atoms. The fraction of sp³-hybridized carbons (Fsp3) is 0.471. The smallest absolute Gasteiger partial charge is 0.382 e. The third-order valence-electron chi connectivity index (χ3n) is 4.46. The normalized spacial score (nSPS) is 20.9. The summed E-state index contributed by atoms with van der Waals surface area (Å²) in [7, 11) is 0. The summed E-state index contributed by atoms with van der Waals surface area (Å²) in [5, 5.41) is 13.8. The third kappa shape index (κ3) is 3.79. The summed E-state index contributed by atoms with van der Waals surface area (Å²) in [5.74, 6) is 0. The molecule has 2 atom stereocenters. The highest BCUT2D eigenvalue weighted by Gasteiger charge is 2.46. The first-order valence-electron chi connectivity index (χ1n) is 8.03. The van der Waals surface area contributed by atoms with Gasteiger partial charge < -0.3 is 5.11 Å². The number of halogens is 3. The van der Waals surface area contributed by atoms with Gasteiger partial charge in [0.1, 0.15) is 0 Å². The molecular formula is C17H20F3N3O. The first-order valence-corrected chi connectivity index (χ1v) is 8.03. The van der Waals surface area contributed by atoms with E-state index in [1.807, 2.05) is 36.5 Å². The molecule has 0 aliphatic carbocycles. The van der Waals surface area contributed by atoms with Crippen LogP contribution < -0.4 is 0 Å². The van der Waals surface area contributed by atoms with Gasteiger partial charge in [0.05, 0.1) is 5.69 Å². The average Bonchev–Trinajstić information content (AvgIpc) is 3.09. The van der Waals surface area contributed by atoms with Gasteiger partial charge in [0.25, 0.3) is 0 Å². The zero-order chi connectivity index (χ0) is 17.2. The van der Waals surface area contributed by atoms with Crippen molar-refractivity contribution in [2.45, 2.75) is 44.1 Å². The van der Waals surface area contributed by atoms with E-state index in [0.29, 0.717) is 25.9 Å². The lowest BCUT2D eigenvalue weighted by atomic mass is 9.96. The van der Waals surface area contributed by atoms with Crippen LogP contribution in [0.5, 0.6) is 0 Å². The van der Waals surface area contributed by atoms with E-state index in [2.05, 4.69) is 5.10 Å². The summed E-state index contributed by atoms with van der Waals surface area (Å²) in [6.07, 6.45) is -1.42. The molecule has 2 heterocycles. The van der Waals surface area contributed by atoms with Crippen molar-refractivity contribution in [2.75, 3.05) is 6.54 Å². The molecule has 0 spiro atoms. The van der Waals surface area contributed by atoms with Crippen molar-refractivity contribution in [2.24, 2.45) is 0 Å². The number of aromatic nitrogens is 2. The predicted molar refractivity (Wildman–Crippen MR) is 83.7 cm³/mol. The number of likely N-dealkylation sites (tertiary alicyclic amines) is 1. The second kappa shape index (κ2) is 6.94. The number of piperidine rings is 1. The number of hydrogen-bond donors (Lipinski definition) is 1. The maximum Gasteiger partial charge on any atom is 0.415 e. The minimum Gasteiger partial charge on any atom is -0.382 e.